The Morgan fingerprint density at radius 1 is 0.939 bits per heavy atom. The van der Waals surface area contributed by atoms with E-state index < -0.39 is 28.0 Å². The summed E-state index contributed by atoms with van der Waals surface area (Å²) in [6, 6.07) is 12.9. The predicted molar refractivity (Wildman–Crippen MR) is 127 cm³/mol. The van der Waals surface area contributed by atoms with Crippen molar-refractivity contribution < 1.29 is 27.2 Å². The summed E-state index contributed by atoms with van der Waals surface area (Å²) in [4.78, 5) is 11.4. The molecule has 8 heteroatoms. The van der Waals surface area contributed by atoms with Crippen LogP contribution in [0.15, 0.2) is 62.3 Å². The zero-order valence-corrected chi connectivity index (χ0v) is 20.0. The van der Waals surface area contributed by atoms with E-state index in [1.165, 1.54) is 12.1 Å². The number of hydrogen-bond acceptors (Lipinski definition) is 5. The summed E-state index contributed by atoms with van der Waals surface area (Å²) in [6.07, 6.45) is 0. The van der Waals surface area contributed by atoms with Crippen LogP contribution in [0.5, 0.6) is 0 Å². The fraction of sp³-hybridized carbons (Fsp3) is 0.320. The SMILES string of the molecule is CC(C)C(NS(=O)(=O)c1ccc2c(c1)oc1ccc(-c3ccc(C(C)(C)C)o3)cc12)C(=O)O. The van der Waals surface area contributed by atoms with Crippen LogP contribution in [-0.2, 0) is 20.2 Å². The van der Waals surface area contributed by atoms with Gasteiger partial charge in [0.05, 0.1) is 4.90 Å². The Morgan fingerprint density at radius 3 is 2.27 bits per heavy atom. The van der Waals surface area contributed by atoms with Crippen LogP contribution in [0.4, 0.5) is 0 Å². The van der Waals surface area contributed by atoms with E-state index in [1.807, 2.05) is 30.3 Å². The normalized spacial score (nSPS) is 13.8. The first kappa shape index (κ1) is 23.1. The van der Waals surface area contributed by atoms with Crippen LogP contribution in [-0.4, -0.2) is 25.5 Å². The van der Waals surface area contributed by atoms with E-state index in [9.17, 15) is 18.3 Å². The first-order chi connectivity index (χ1) is 15.4. The molecular formula is C25H27NO6S. The molecule has 0 aliphatic carbocycles. The fourth-order valence-corrected chi connectivity index (χ4v) is 5.03. The van der Waals surface area contributed by atoms with E-state index >= 15 is 0 Å². The molecule has 2 aromatic heterocycles. The smallest absolute Gasteiger partial charge is 0.322 e. The molecule has 0 spiro atoms. The molecule has 1 unspecified atom stereocenters. The fourth-order valence-electron chi connectivity index (χ4n) is 3.68. The number of furan rings is 2. The monoisotopic (exact) mass is 469 g/mol. The summed E-state index contributed by atoms with van der Waals surface area (Å²) in [7, 11) is -4.05. The van der Waals surface area contributed by atoms with Gasteiger partial charge < -0.3 is 13.9 Å². The van der Waals surface area contributed by atoms with Gasteiger partial charge in [-0.2, -0.15) is 4.72 Å². The summed E-state index contributed by atoms with van der Waals surface area (Å²) in [5.41, 5.74) is 1.80. The number of carboxylic acid groups (broad SMARTS) is 1. The summed E-state index contributed by atoms with van der Waals surface area (Å²) in [5.74, 6) is -0.00415. The minimum Gasteiger partial charge on any atom is -0.480 e. The lowest BCUT2D eigenvalue weighted by Gasteiger charge is -2.17. The highest BCUT2D eigenvalue weighted by atomic mass is 32.2. The van der Waals surface area contributed by atoms with Gasteiger partial charge >= 0.3 is 5.97 Å². The van der Waals surface area contributed by atoms with Crippen molar-refractivity contribution in [2.24, 2.45) is 5.92 Å². The molecule has 0 saturated heterocycles. The van der Waals surface area contributed by atoms with Crippen LogP contribution in [0.1, 0.15) is 40.4 Å². The highest BCUT2D eigenvalue weighted by Crippen LogP contribution is 2.35. The van der Waals surface area contributed by atoms with Crippen LogP contribution in [0, 0.1) is 5.92 Å². The zero-order valence-electron chi connectivity index (χ0n) is 19.2. The summed E-state index contributed by atoms with van der Waals surface area (Å²) in [6.45, 7) is 9.55. The van der Waals surface area contributed by atoms with Crippen molar-refractivity contribution in [3.63, 3.8) is 0 Å². The van der Waals surface area contributed by atoms with E-state index in [0.717, 1.165) is 27.9 Å². The molecule has 0 saturated carbocycles. The first-order valence-electron chi connectivity index (χ1n) is 10.7. The van der Waals surface area contributed by atoms with E-state index in [1.54, 1.807) is 19.9 Å². The molecule has 0 aliphatic rings. The number of aliphatic carboxylic acids is 1. The molecule has 0 bridgehead atoms. The Labute approximate surface area is 192 Å². The average molecular weight is 470 g/mol. The van der Waals surface area contributed by atoms with Gasteiger partial charge in [-0.25, -0.2) is 8.42 Å². The van der Waals surface area contributed by atoms with Crippen molar-refractivity contribution in [2.75, 3.05) is 0 Å². The number of benzene rings is 2. The molecule has 0 radical (unpaired) electrons. The van der Waals surface area contributed by atoms with Crippen LogP contribution in [0.3, 0.4) is 0 Å². The number of nitrogens with one attached hydrogen (secondary N) is 1. The number of sulfonamides is 1. The number of hydrogen-bond donors (Lipinski definition) is 2. The highest BCUT2D eigenvalue weighted by Gasteiger charge is 2.28. The molecule has 7 nitrogen and oxygen atoms in total. The third-order valence-electron chi connectivity index (χ3n) is 5.60. The standard InChI is InChI=1S/C25H27NO6S/c1-14(2)23(24(27)28)26-33(29,30)16-7-8-17-18-12-15(6-9-20(18)31-21(17)13-16)19-10-11-22(32-19)25(3,4)5/h6-14,23,26H,1-5H3,(H,27,28). The molecule has 4 rings (SSSR count). The van der Waals surface area contributed by atoms with E-state index in [4.69, 9.17) is 8.83 Å². The van der Waals surface area contributed by atoms with Crippen molar-refractivity contribution >= 4 is 37.9 Å². The van der Waals surface area contributed by atoms with Crippen LogP contribution < -0.4 is 4.72 Å². The molecule has 0 aliphatic heterocycles. The van der Waals surface area contributed by atoms with Crippen LogP contribution in [0.25, 0.3) is 33.3 Å². The third kappa shape index (κ3) is 4.41. The van der Waals surface area contributed by atoms with Crippen molar-refractivity contribution in [3.8, 4) is 11.3 Å². The Morgan fingerprint density at radius 2 is 1.67 bits per heavy atom. The van der Waals surface area contributed by atoms with E-state index in [-0.39, 0.29) is 10.3 Å². The molecule has 2 aromatic carbocycles. The lowest BCUT2D eigenvalue weighted by molar-refractivity contribution is -0.140. The molecule has 4 aromatic rings. The second kappa shape index (κ2) is 8.04. The second-order valence-corrected chi connectivity index (χ2v) is 11.3. The lowest BCUT2D eigenvalue weighted by Crippen LogP contribution is -2.44. The van der Waals surface area contributed by atoms with Crippen molar-refractivity contribution in [3.05, 3.63) is 54.3 Å². The third-order valence-corrected chi connectivity index (χ3v) is 7.04. The van der Waals surface area contributed by atoms with Gasteiger partial charge in [0, 0.05) is 27.8 Å². The van der Waals surface area contributed by atoms with Crippen molar-refractivity contribution in [2.45, 2.75) is 51.0 Å². The van der Waals surface area contributed by atoms with Gasteiger partial charge in [-0.3, -0.25) is 4.79 Å². The number of fused-ring (bicyclic) bond motifs is 3. The Bertz CT molecular complexity index is 1450. The zero-order chi connectivity index (χ0) is 24.1. The second-order valence-electron chi connectivity index (χ2n) is 9.57. The summed E-state index contributed by atoms with van der Waals surface area (Å²) < 4.78 is 39.8. The van der Waals surface area contributed by atoms with Gasteiger partial charge in [0.1, 0.15) is 28.7 Å². The van der Waals surface area contributed by atoms with Gasteiger partial charge in [-0.1, -0.05) is 34.6 Å². The maximum absolute atomic E-state index is 12.8. The number of rotatable bonds is 6. The predicted octanol–water partition coefficient (Wildman–Crippen LogP) is 5.53. The Kier molecular flexibility index (Phi) is 5.62. The molecule has 174 valence electrons. The topological polar surface area (TPSA) is 110 Å². The quantitative estimate of drug-likeness (QED) is 0.384. The Balaban J connectivity index is 1.73. The van der Waals surface area contributed by atoms with E-state index in [0.29, 0.717) is 11.2 Å². The van der Waals surface area contributed by atoms with Gasteiger partial charge in [0.25, 0.3) is 0 Å². The molecular weight excluding hydrogens is 442 g/mol. The average Bonchev–Trinajstić information content (AvgIpc) is 3.35. The molecule has 0 fully saturated rings. The number of carboxylic acids is 1. The molecule has 33 heavy (non-hydrogen) atoms. The largest absolute Gasteiger partial charge is 0.480 e. The van der Waals surface area contributed by atoms with Crippen molar-refractivity contribution in [1.29, 1.82) is 0 Å². The first-order valence-corrected chi connectivity index (χ1v) is 12.2. The van der Waals surface area contributed by atoms with Crippen molar-refractivity contribution in [1.82, 2.24) is 4.72 Å². The van der Waals surface area contributed by atoms with Crippen LogP contribution in [0.2, 0.25) is 0 Å². The van der Waals surface area contributed by atoms with Gasteiger partial charge in [0.15, 0.2) is 0 Å². The minimum absolute atomic E-state index is 0.0537. The van der Waals surface area contributed by atoms with Gasteiger partial charge in [0.2, 0.25) is 10.0 Å². The maximum atomic E-state index is 12.8. The molecule has 2 heterocycles. The maximum Gasteiger partial charge on any atom is 0.322 e. The van der Waals surface area contributed by atoms with Gasteiger partial charge in [-0.15, -0.1) is 0 Å². The van der Waals surface area contributed by atoms with Crippen LogP contribution >= 0.6 is 0 Å². The molecule has 1 atom stereocenters. The molecule has 0 amide bonds. The summed E-state index contributed by atoms with van der Waals surface area (Å²) >= 11 is 0. The minimum atomic E-state index is -4.05. The van der Waals surface area contributed by atoms with E-state index in [2.05, 4.69) is 25.5 Å². The highest BCUT2D eigenvalue weighted by molar-refractivity contribution is 7.89. The lowest BCUT2D eigenvalue weighted by atomic mass is 9.94. The summed E-state index contributed by atoms with van der Waals surface area (Å²) in [5, 5.41) is 10.9. The Hall–Kier alpha value is -3.10. The van der Waals surface area contributed by atoms with Gasteiger partial charge in [-0.05, 0) is 48.4 Å². The molecule has 2 N–H and O–H groups in total. The number of carbonyl (C=O) groups is 1.